The van der Waals surface area contributed by atoms with Crippen LogP contribution in [0.4, 0.5) is 0 Å². The van der Waals surface area contributed by atoms with E-state index in [9.17, 15) is 4.79 Å². The fraction of sp³-hybridized carbons (Fsp3) is 0.417. The summed E-state index contributed by atoms with van der Waals surface area (Å²) in [4.78, 5) is 10.8. The summed E-state index contributed by atoms with van der Waals surface area (Å²) in [6.07, 6.45) is 0. The molecule has 0 aliphatic rings. The Kier molecular flexibility index (Phi) is 4.83. The molecule has 0 amide bonds. The summed E-state index contributed by atoms with van der Waals surface area (Å²) < 4.78 is 0. The number of hydrogen-bond donors (Lipinski definition) is 3. The fourth-order valence-electron chi connectivity index (χ4n) is 1.38. The van der Waals surface area contributed by atoms with Gasteiger partial charge in [0.2, 0.25) is 0 Å². The molecule has 0 radical (unpaired) electrons. The fourth-order valence-corrected chi connectivity index (χ4v) is 1.67. The maximum atomic E-state index is 10.8. The lowest BCUT2D eigenvalue weighted by Gasteiger charge is -2.12. The maximum absolute atomic E-state index is 10.8. The average Bonchev–Trinajstić information content (AvgIpc) is 2.23. The van der Waals surface area contributed by atoms with E-state index in [0.29, 0.717) is 12.3 Å². The molecule has 1 atom stereocenters. The van der Waals surface area contributed by atoms with Gasteiger partial charge in [-0.1, -0.05) is 18.2 Å². The van der Waals surface area contributed by atoms with Crippen LogP contribution in [0.3, 0.4) is 0 Å². The van der Waals surface area contributed by atoms with E-state index in [0.717, 1.165) is 5.56 Å². The van der Waals surface area contributed by atoms with Crippen LogP contribution in [0.25, 0.3) is 0 Å². The monoisotopic (exact) mass is 239 g/mol. The number of carboxylic acids is 1. The number of aryl methyl sites for hydroxylation is 2. The Balaban J connectivity index is 2.60. The zero-order valence-corrected chi connectivity index (χ0v) is 10.4. The Bertz CT molecular complexity index is 379. The van der Waals surface area contributed by atoms with E-state index < -0.39 is 12.0 Å². The number of benzene rings is 1. The van der Waals surface area contributed by atoms with Gasteiger partial charge in [-0.25, -0.2) is 0 Å². The van der Waals surface area contributed by atoms with E-state index in [1.165, 1.54) is 11.1 Å². The normalized spacial score (nSPS) is 12.4. The van der Waals surface area contributed by atoms with Gasteiger partial charge in [-0.3, -0.25) is 10.1 Å². The molecule has 0 unspecified atom stereocenters. The van der Waals surface area contributed by atoms with Crippen LogP contribution in [-0.2, 0) is 11.3 Å². The Labute approximate surface area is 101 Å². The Hall–Kier alpha value is -1.00. The van der Waals surface area contributed by atoms with Crippen LogP contribution >= 0.6 is 12.6 Å². The molecular weight excluding hydrogens is 222 g/mol. The molecule has 4 heteroatoms. The molecule has 0 bridgehead atoms. The van der Waals surface area contributed by atoms with Crippen LogP contribution < -0.4 is 5.32 Å². The molecule has 1 aromatic rings. The highest BCUT2D eigenvalue weighted by Gasteiger charge is 2.13. The summed E-state index contributed by atoms with van der Waals surface area (Å²) in [5.74, 6) is -0.570. The van der Waals surface area contributed by atoms with Gasteiger partial charge in [-0.05, 0) is 30.5 Å². The second kappa shape index (κ2) is 5.92. The second-order valence-corrected chi connectivity index (χ2v) is 4.24. The van der Waals surface area contributed by atoms with Crippen molar-refractivity contribution in [1.82, 2.24) is 5.32 Å². The zero-order chi connectivity index (χ0) is 12.1. The largest absolute Gasteiger partial charge is 0.480 e. The minimum absolute atomic E-state index is 0.292. The van der Waals surface area contributed by atoms with Crippen molar-refractivity contribution in [2.45, 2.75) is 26.4 Å². The first-order valence-corrected chi connectivity index (χ1v) is 5.81. The molecule has 0 aliphatic heterocycles. The molecule has 0 spiro atoms. The van der Waals surface area contributed by atoms with E-state index in [1.807, 2.05) is 19.1 Å². The van der Waals surface area contributed by atoms with Crippen molar-refractivity contribution in [1.29, 1.82) is 0 Å². The van der Waals surface area contributed by atoms with Gasteiger partial charge in [0.25, 0.3) is 0 Å². The van der Waals surface area contributed by atoms with Crippen LogP contribution in [-0.4, -0.2) is 22.9 Å². The quantitative estimate of drug-likeness (QED) is 0.686. The Morgan fingerprint density at radius 2 is 2.12 bits per heavy atom. The van der Waals surface area contributed by atoms with Crippen molar-refractivity contribution < 1.29 is 9.90 Å². The Morgan fingerprint density at radius 3 is 2.62 bits per heavy atom. The summed E-state index contributed by atoms with van der Waals surface area (Å²) in [7, 11) is 0. The predicted octanol–water partition coefficient (Wildman–Crippen LogP) is 1.78. The number of thiol groups is 1. The summed E-state index contributed by atoms with van der Waals surface area (Å²) >= 11 is 3.99. The van der Waals surface area contributed by atoms with Crippen molar-refractivity contribution in [3.63, 3.8) is 0 Å². The van der Waals surface area contributed by atoms with Crippen molar-refractivity contribution in [3.05, 3.63) is 34.9 Å². The highest BCUT2D eigenvalue weighted by molar-refractivity contribution is 7.80. The van der Waals surface area contributed by atoms with E-state index in [1.54, 1.807) is 0 Å². The molecule has 0 saturated carbocycles. The number of carbonyl (C=O) groups is 1. The lowest BCUT2D eigenvalue weighted by atomic mass is 10.1. The third-order valence-electron chi connectivity index (χ3n) is 2.60. The molecule has 1 rings (SSSR count). The molecule has 16 heavy (non-hydrogen) atoms. The maximum Gasteiger partial charge on any atom is 0.321 e. The number of nitrogens with one attached hydrogen (secondary N) is 1. The number of carboxylic acid groups (broad SMARTS) is 1. The molecule has 88 valence electrons. The van der Waals surface area contributed by atoms with Crippen molar-refractivity contribution in [2.75, 3.05) is 5.75 Å². The Morgan fingerprint density at radius 1 is 1.44 bits per heavy atom. The van der Waals surface area contributed by atoms with Crippen LogP contribution in [0, 0.1) is 13.8 Å². The lowest BCUT2D eigenvalue weighted by Crippen LogP contribution is -2.37. The van der Waals surface area contributed by atoms with Gasteiger partial charge in [0.15, 0.2) is 0 Å². The van der Waals surface area contributed by atoms with Gasteiger partial charge in [0.1, 0.15) is 6.04 Å². The number of aliphatic carboxylic acids is 1. The second-order valence-electron chi connectivity index (χ2n) is 3.87. The SMILES string of the molecule is Cc1ccc(CN[C@@H](CS)C(=O)O)cc1C. The highest BCUT2D eigenvalue weighted by Crippen LogP contribution is 2.09. The van der Waals surface area contributed by atoms with E-state index >= 15 is 0 Å². The van der Waals surface area contributed by atoms with Gasteiger partial charge in [-0.2, -0.15) is 12.6 Å². The zero-order valence-electron chi connectivity index (χ0n) is 9.53. The summed E-state index contributed by atoms with van der Waals surface area (Å²) in [5.41, 5.74) is 3.56. The molecule has 0 aliphatic carbocycles. The van der Waals surface area contributed by atoms with Crippen LogP contribution in [0.5, 0.6) is 0 Å². The van der Waals surface area contributed by atoms with Gasteiger partial charge < -0.3 is 5.11 Å². The third kappa shape index (κ3) is 3.54. The first kappa shape index (κ1) is 13.1. The highest BCUT2D eigenvalue weighted by atomic mass is 32.1. The molecule has 0 saturated heterocycles. The molecule has 2 N–H and O–H groups in total. The van der Waals surface area contributed by atoms with E-state index in [2.05, 4.69) is 30.9 Å². The van der Waals surface area contributed by atoms with Crippen LogP contribution in [0.2, 0.25) is 0 Å². The van der Waals surface area contributed by atoms with Gasteiger partial charge >= 0.3 is 5.97 Å². The standard InChI is InChI=1S/C12H17NO2S/c1-8-3-4-10(5-9(8)2)6-13-11(7-16)12(14)15/h3-5,11,13,16H,6-7H2,1-2H3,(H,14,15)/t11-/m0/s1. The van der Waals surface area contributed by atoms with E-state index in [-0.39, 0.29) is 0 Å². The van der Waals surface area contributed by atoms with Gasteiger partial charge in [0, 0.05) is 12.3 Å². The molecule has 0 aromatic heterocycles. The summed E-state index contributed by atoms with van der Waals surface area (Å²) in [6, 6.07) is 5.53. The van der Waals surface area contributed by atoms with Crippen molar-refractivity contribution >= 4 is 18.6 Å². The molecule has 3 nitrogen and oxygen atoms in total. The molecule has 0 fully saturated rings. The molecule has 1 aromatic carbocycles. The minimum Gasteiger partial charge on any atom is -0.480 e. The third-order valence-corrected chi connectivity index (χ3v) is 2.97. The number of hydrogen-bond acceptors (Lipinski definition) is 3. The first-order chi connectivity index (χ1) is 7.54. The first-order valence-electron chi connectivity index (χ1n) is 5.17. The minimum atomic E-state index is -0.862. The predicted molar refractivity (Wildman–Crippen MR) is 68.0 cm³/mol. The summed E-state index contributed by atoms with van der Waals surface area (Å²) in [6.45, 7) is 4.66. The van der Waals surface area contributed by atoms with Gasteiger partial charge in [-0.15, -0.1) is 0 Å². The molecular formula is C12H17NO2S. The number of rotatable bonds is 5. The van der Waals surface area contributed by atoms with Crippen molar-refractivity contribution in [3.8, 4) is 0 Å². The smallest absolute Gasteiger partial charge is 0.321 e. The van der Waals surface area contributed by atoms with Crippen LogP contribution in [0.1, 0.15) is 16.7 Å². The lowest BCUT2D eigenvalue weighted by molar-refractivity contribution is -0.138. The van der Waals surface area contributed by atoms with E-state index in [4.69, 9.17) is 5.11 Å². The summed E-state index contributed by atoms with van der Waals surface area (Å²) in [5, 5.41) is 11.8. The van der Waals surface area contributed by atoms with Crippen LogP contribution in [0.15, 0.2) is 18.2 Å². The average molecular weight is 239 g/mol. The molecule has 0 heterocycles. The van der Waals surface area contributed by atoms with Gasteiger partial charge in [0.05, 0.1) is 0 Å². The van der Waals surface area contributed by atoms with Crippen molar-refractivity contribution in [2.24, 2.45) is 0 Å². The topological polar surface area (TPSA) is 49.3 Å².